The summed E-state index contributed by atoms with van der Waals surface area (Å²) in [5.41, 5.74) is -3.62. The smallest absolute Gasteiger partial charge is 0.381 e. The molecule has 1 aromatic heterocycles. The van der Waals surface area contributed by atoms with E-state index >= 15 is 0 Å². The number of thiazole rings is 1. The molecule has 28 heavy (non-hydrogen) atoms. The fourth-order valence-electron chi connectivity index (χ4n) is 3.31. The highest BCUT2D eigenvalue weighted by atomic mass is 32.2. The normalized spacial score (nSPS) is 19.0. The van der Waals surface area contributed by atoms with Crippen molar-refractivity contribution in [2.24, 2.45) is 5.92 Å². The van der Waals surface area contributed by atoms with Gasteiger partial charge in [0.2, 0.25) is 5.91 Å². The molecule has 0 saturated carbocycles. The van der Waals surface area contributed by atoms with Crippen LogP contribution < -0.4 is 5.32 Å². The summed E-state index contributed by atoms with van der Waals surface area (Å²) in [6.07, 6.45) is 5.05. The monoisotopic (exact) mass is 430 g/mol. The minimum Gasteiger partial charge on any atom is -0.381 e. The van der Waals surface area contributed by atoms with E-state index in [2.05, 4.69) is 10.3 Å². The molecule has 9 heteroatoms. The summed E-state index contributed by atoms with van der Waals surface area (Å²) < 4.78 is 43.2. The number of halogens is 3. The van der Waals surface area contributed by atoms with Crippen molar-refractivity contribution in [3.8, 4) is 0 Å². The number of amides is 1. The maximum atomic E-state index is 12.9. The molecule has 0 radical (unpaired) electrons. The van der Waals surface area contributed by atoms with Crippen molar-refractivity contribution in [2.75, 3.05) is 18.5 Å². The first-order valence-corrected chi connectivity index (χ1v) is 10.7. The molecule has 2 unspecified atom stereocenters. The number of alkyl halides is 3. The van der Waals surface area contributed by atoms with Crippen LogP contribution in [0.4, 0.5) is 18.3 Å². The van der Waals surface area contributed by atoms with Crippen LogP contribution in [0.15, 0.2) is 40.7 Å². The number of anilines is 1. The lowest BCUT2D eigenvalue weighted by atomic mass is 9.85. The van der Waals surface area contributed by atoms with Gasteiger partial charge >= 0.3 is 5.51 Å². The minimum absolute atomic E-state index is 0.109. The van der Waals surface area contributed by atoms with Crippen LogP contribution >= 0.6 is 23.1 Å². The number of nitrogens with one attached hydrogen (secondary N) is 1. The Kier molecular flexibility index (Phi) is 7.36. The van der Waals surface area contributed by atoms with Gasteiger partial charge in [-0.2, -0.15) is 13.2 Å². The number of aromatic nitrogens is 1. The number of carbonyl (C=O) groups is 1. The maximum absolute atomic E-state index is 12.9. The molecule has 1 fully saturated rings. The van der Waals surface area contributed by atoms with Gasteiger partial charge in [-0.1, -0.05) is 12.1 Å². The van der Waals surface area contributed by atoms with E-state index in [-0.39, 0.29) is 22.6 Å². The number of benzene rings is 1. The van der Waals surface area contributed by atoms with Crippen LogP contribution in [0.1, 0.15) is 37.2 Å². The summed E-state index contributed by atoms with van der Waals surface area (Å²) in [7, 11) is 0. The third kappa shape index (κ3) is 6.49. The summed E-state index contributed by atoms with van der Waals surface area (Å²) in [6.45, 7) is 1.41. The molecule has 1 aliphatic rings. The molecular weight excluding hydrogens is 409 g/mol. The highest BCUT2D eigenvalue weighted by molar-refractivity contribution is 8.00. The Balaban J connectivity index is 1.77. The molecule has 1 aliphatic heterocycles. The Morgan fingerprint density at radius 3 is 2.75 bits per heavy atom. The Morgan fingerprint density at radius 2 is 2.07 bits per heavy atom. The zero-order valence-corrected chi connectivity index (χ0v) is 16.7. The van der Waals surface area contributed by atoms with Crippen LogP contribution in [0.25, 0.3) is 0 Å². The highest BCUT2D eigenvalue weighted by Gasteiger charge is 2.30. The van der Waals surface area contributed by atoms with Crippen molar-refractivity contribution in [1.82, 2.24) is 4.98 Å². The first-order valence-electron chi connectivity index (χ1n) is 9.04. The largest absolute Gasteiger partial charge is 0.446 e. The zero-order valence-electron chi connectivity index (χ0n) is 15.1. The predicted molar refractivity (Wildman–Crippen MR) is 105 cm³/mol. The van der Waals surface area contributed by atoms with Gasteiger partial charge in [-0.25, -0.2) is 4.98 Å². The van der Waals surface area contributed by atoms with E-state index < -0.39 is 11.4 Å². The van der Waals surface area contributed by atoms with E-state index in [9.17, 15) is 18.0 Å². The SMILES string of the molecule is O=C(Nc1nccs1)C(CC1CCCOCC1)c1ccc(SC(F)(F)F)cc1. The topological polar surface area (TPSA) is 51.2 Å². The van der Waals surface area contributed by atoms with Crippen LogP contribution in [-0.4, -0.2) is 29.6 Å². The van der Waals surface area contributed by atoms with Crippen LogP contribution in [-0.2, 0) is 9.53 Å². The average molecular weight is 431 g/mol. The average Bonchev–Trinajstić information content (AvgIpc) is 3.00. The Morgan fingerprint density at radius 1 is 1.29 bits per heavy atom. The molecule has 0 aliphatic carbocycles. The lowest BCUT2D eigenvalue weighted by Crippen LogP contribution is -2.23. The second-order valence-electron chi connectivity index (χ2n) is 6.64. The summed E-state index contributed by atoms with van der Waals surface area (Å²) in [6, 6.07) is 6.08. The molecular formula is C19H21F3N2O2S2. The van der Waals surface area contributed by atoms with Crippen molar-refractivity contribution < 1.29 is 22.7 Å². The van der Waals surface area contributed by atoms with E-state index in [1.54, 1.807) is 23.7 Å². The van der Waals surface area contributed by atoms with E-state index in [0.717, 1.165) is 25.9 Å². The van der Waals surface area contributed by atoms with Crippen molar-refractivity contribution in [1.29, 1.82) is 0 Å². The molecule has 2 atom stereocenters. The van der Waals surface area contributed by atoms with E-state index in [1.165, 1.54) is 23.5 Å². The fourth-order valence-corrected chi connectivity index (χ4v) is 4.38. The van der Waals surface area contributed by atoms with Crippen molar-refractivity contribution in [3.63, 3.8) is 0 Å². The second-order valence-corrected chi connectivity index (χ2v) is 8.67. The zero-order chi connectivity index (χ0) is 20.0. The second kappa shape index (κ2) is 9.76. The van der Waals surface area contributed by atoms with Crippen LogP contribution in [0.3, 0.4) is 0 Å². The Labute approximate surface area is 169 Å². The third-order valence-electron chi connectivity index (χ3n) is 4.64. The van der Waals surface area contributed by atoms with Crippen molar-refractivity contribution in [2.45, 2.75) is 42.0 Å². The molecule has 0 spiro atoms. The highest BCUT2D eigenvalue weighted by Crippen LogP contribution is 2.38. The van der Waals surface area contributed by atoms with Gasteiger partial charge in [-0.15, -0.1) is 11.3 Å². The standard InChI is InChI=1S/C19H21F3N2O2S2/c20-19(21,22)28-15-5-3-14(4-6-15)16(12-13-2-1-9-26-10-7-13)17(25)24-18-23-8-11-27-18/h3-6,8,11,13,16H,1-2,7,9-10,12H2,(H,23,24,25). The third-order valence-corrected chi connectivity index (χ3v) is 6.06. The molecule has 1 saturated heterocycles. The fraction of sp³-hybridized carbons (Fsp3) is 0.474. The molecule has 2 aromatic rings. The summed E-state index contributed by atoms with van der Waals surface area (Å²) in [5.74, 6) is -0.299. The van der Waals surface area contributed by atoms with Gasteiger partial charge < -0.3 is 10.1 Å². The minimum atomic E-state index is -4.33. The number of nitrogens with zero attached hydrogens (tertiary/aromatic N) is 1. The Hall–Kier alpha value is -1.58. The lowest BCUT2D eigenvalue weighted by Gasteiger charge is -2.22. The number of thioether (sulfide) groups is 1. The molecule has 1 N–H and O–H groups in total. The van der Waals surface area contributed by atoms with Gasteiger partial charge in [-0.3, -0.25) is 4.79 Å². The molecule has 152 valence electrons. The van der Waals surface area contributed by atoms with Gasteiger partial charge in [-0.05, 0) is 61.1 Å². The van der Waals surface area contributed by atoms with Crippen molar-refractivity contribution in [3.05, 3.63) is 41.4 Å². The van der Waals surface area contributed by atoms with Gasteiger partial charge in [0.25, 0.3) is 0 Å². The van der Waals surface area contributed by atoms with Gasteiger partial charge in [0.15, 0.2) is 5.13 Å². The van der Waals surface area contributed by atoms with Gasteiger partial charge in [0.05, 0.1) is 5.92 Å². The molecule has 1 amide bonds. The quantitative estimate of drug-likeness (QED) is 0.599. The first-order chi connectivity index (χ1) is 13.4. The van der Waals surface area contributed by atoms with Crippen molar-refractivity contribution >= 4 is 34.1 Å². The molecule has 1 aromatic carbocycles. The molecule has 3 rings (SSSR count). The number of hydrogen-bond donors (Lipinski definition) is 1. The molecule has 0 bridgehead atoms. The lowest BCUT2D eigenvalue weighted by molar-refractivity contribution is -0.118. The van der Waals surface area contributed by atoms with Crippen LogP contribution in [0.2, 0.25) is 0 Å². The number of ether oxygens (including phenoxy) is 1. The summed E-state index contributed by atoms with van der Waals surface area (Å²) >= 11 is 1.18. The number of hydrogen-bond acceptors (Lipinski definition) is 5. The number of rotatable bonds is 6. The molecule has 4 nitrogen and oxygen atoms in total. The maximum Gasteiger partial charge on any atom is 0.446 e. The van der Waals surface area contributed by atoms with Crippen LogP contribution in [0, 0.1) is 5.92 Å². The Bertz CT molecular complexity index is 744. The van der Waals surface area contributed by atoms with Gasteiger partial charge in [0.1, 0.15) is 0 Å². The molecule has 2 heterocycles. The summed E-state index contributed by atoms with van der Waals surface area (Å²) in [4.78, 5) is 17.1. The predicted octanol–water partition coefficient (Wildman–Crippen LogP) is 5.68. The van der Waals surface area contributed by atoms with Crippen LogP contribution in [0.5, 0.6) is 0 Å². The summed E-state index contributed by atoms with van der Waals surface area (Å²) in [5, 5.41) is 5.12. The van der Waals surface area contributed by atoms with Gasteiger partial charge in [0, 0.05) is 29.7 Å². The first kappa shape index (κ1) is 21.1. The van der Waals surface area contributed by atoms with E-state index in [4.69, 9.17) is 4.74 Å². The van der Waals surface area contributed by atoms with E-state index in [0.29, 0.717) is 29.6 Å². The number of carbonyl (C=O) groups excluding carboxylic acids is 1. The van der Waals surface area contributed by atoms with E-state index in [1.807, 2.05) is 0 Å².